The van der Waals surface area contributed by atoms with Crippen molar-refractivity contribution in [2.75, 3.05) is 18.0 Å². The minimum Gasteiger partial charge on any atom is -0.356 e. The Labute approximate surface area is 96.9 Å². The predicted octanol–water partition coefficient (Wildman–Crippen LogP) is 1.42. The summed E-state index contributed by atoms with van der Waals surface area (Å²) in [5, 5.41) is 0. The summed E-state index contributed by atoms with van der Waals surface area (Å²) in [6, 6.07) is 1.98. The summed E-state index contributed by atoms with van der Waals surface area (Å²) >= 11 is 0. The molecule has 0 aliphatic carbocycles. The van der Waals surface area contributed by atoms with Crippen molar-refractivity contribution in [2.45, 2.75) is 26.8 Å². The molecule has 4 nitrogen and oxygen atoms in total. The molecule has 0 aromatic carbocycles. The van der Waals surface area contributed by atoms with E-state index in [1.807, 2.05) is 6.07 Å². The van der Waals surface area contributed by atoms with Crippen LogP contribution >= 0.6 is 0 Å². The molecule has 1 aliphatic heterocycles. The molecule has 1 saturated heterocycles. The van der Waals surface area contributed by atoms with E-state index in [4.69, 9.17) is 5.73 Å². The van der Waals surface area contributed by atoms with Crippen molar-refractivity contribution in [1.82, 2.24) is 9.97 Å². The van der Waals surface area contributed by atoms with E-state index in [0.717, 1.165) is 36.6 Å². The first-order chi connectivity index (χ1) is 7.69. The Morgan fingerprint density at radius 1 is 1.38 bits per heavy atom. The molecule has 1 aliphatic rings. The lowest BCUT2D eigenvalue weighted by atomic mass is 9.92. The highest BCUT2D eigenvalue weighted by atomic mass is 15.2. The van der Waals surface area contributed by atoms with Crippen LogP contribution in [0.5, 0.6) is 0 Å². The molecule has 0 spiro atoms. The molecule has 0 radical (unpaired) electrons. The monoisotopic (exact) mass is 220 g/mol. The molecule has 1 fully saturated rings. The maximum Gasteiger partial charge on any atom is 0.144 e. The number of hydrogen-bond acceptors (Lipinski definition) is 4. The minimum absolute atomic E-state index is 0.410. The van der Waals surface area contributed by atoms with Gasteiger partial charge < -0.3 is 10.6 Å². The molecule has 2 rings (SSSR count). The fourth-order valence-electron chi connectivity index (χ4n) is 2.51. The molecule has 0 bridgehead atoms. The van der Waals surface area contributed by atoms with Crippen LogP contribution in [-0.2, 0) is 6.54 Å². The lowest BCUT2D eigenvalue weighted by Gasteiger charge is -2.35. The predicted molar refractivity (Wildman–Crippen MR) is 65.1 cm³/mol. The average molecular weight is 220 g/mol. The van der Waals surface area contributed by atoms with Crippen molar-refractivity contribution in [2.24, 2.45) is 17.6 Å². The van der Waals surface area contributed by atoms with Gasteiger partial charge in [0.15, 0.2) is 0 Å². The maximum atomic E-state index is 5.56. The highest BCUT2D eigenvalue weighted by Gasteiger charge is 2.22. The van der Waals surface area contributed by atoms with Gasteiger partial charge in [0.2, 0.25) is 0 Å². The van der Waals surface area contributed by atoms with Gasteiger partial charge in [0.1, 0.15) is 11.6 Å². The van der Waals surface area contributed by atoms with Gasteiger partial charge in [-0.25, -0.2) is 9.97 Å². The first-order valence-corrected chi connectivity index (χ1v) is 5.96. The van der Waals surface area contributed by atoms with Crippen LogP contribution in [0.15, 0.2) is 12.3 Å². The van der Waals surface area contributed by atoms with E-state index in [1.54, 1.807) is 6.20 Å². The third-order valence-corrected chi connectivity index (χ3v) is 3.07. The smallest absolute Gasteiger partial charge is 0.144 e. The summed E-state index contributed by atoms with van der Waals surface area (Å²) < 4.78 is 0. The number of hydrogen-bond donors (Lipinski definition) is 1. The Bertz CT molecular complexity index is 343. The Balaban J connectivity index is 2.16. The van der Waals surface area contributed by atoms with Crippen molar-refractivity contribution in [3.05, 3.63) is 18.1 Å². The van der Waals surface area contributed by atoms with Gasteiger partial charge >= 0.3 is 0 Å². The lowest BCUT2D eigenvalue weighted by molar-refractivity contribution is 0.355. The molecule has 2 heterocycles. The summed E-state index contributed by atoms with van der Waals surface area (Å²) in [6.45, 7) is 7.19. The van der Waals surface area contributed by atoms with Crippen LogP contribution in [0.2, 0.25) is 0 Å². The quantitative estimate of drug-likeness (QED) is 0.819. The van der Waals surface area contributed by atoms with E-state index < -0.39 is 0 Å². The third-order valence-electron chi connectivity index (χ3n) is 3.07. The van der Waals surface area contributed by atoms with E-state index in [9.17, 15) is 0 Å². The van der Waals surface area contributed by atoms with Crippen molar-refractivity contribution in [3.8, 4) is 0 Å². The number of rotatable bonds is 2. The van der Waals surface area contributed by atoms with Crippen LogP contribution < -0.4 is 10.6 Å². The second-order valence-electron chi connectivity index (χ2n) is 4.89. The summed E-state index contributed by atoms with van der Waals surface area (Å²) in [5.41, 5.74) is 5.56. The summed E-state index contributed by atoms with van der Waals surface area (Å²) in [6.07, 6.45) is 3.11. The molecule has 4 heteroatoms. The minimum atomic E-state index is 0.410. The van der Waals surface area contributed by atoms with Crippen LogP contribution in [-0.4, -0.2) is 23.1 Å². The zero-order chi connectivity index (χ0) is 11.5. The van der Waals surface area contributed by atoms with Crippen molar-refractivity contribution >= 4 is 5.82 Å². The molecular weight excluding hydrogens is 200 g/mol. The van der Waals surface area contributed by atoms with Crippen LogP contribution in [0.3, 0.4) is 0 Å². The summed E-state index contributed by atoms with van der Waals surface area (Å²) in [4.78, 5) is 10.9. The molecular formula is C12H20N4. The molecule has 0 amide bonds. The second kappa shape index (κ2) is 4.78. The lowest BCUT2D eigenvalue weighted by Crippen LogP contribution is -2.39. The molecule has 1 aromatic rings. The SMILES string of the molecule is CC1CC(C)CN(c2ccnc(CN)n2)C1. The largest absolute Gasteiger partial charge is 0.356 e. The average Bonchev–Trinajstić information content (AvgIpc) is 2.28. The van der Waals surface area contributed by atoms with Gasteiger partial charge in [0.25, 0.3) is 0 Å². The van der Waals surface area contributed by atoms with E-state index in [0.29, 0.717) is 6.54 Å². The summed E-state index contributed by atoms with van der Waals surface area (Å²) in [5.74, 6) is 3.22. The van der Waals surface area contributed by atoms with Gasteiger partial charge in [0.05, 0.1) is 6.54 Å². The maximum absolute atomic E-state index is 5.56. The van der Waals surface area contributed by atoms with Crippen molar-refractivity contribution in [1.29, 1.82) is 0 Å². The second-order valence-corrected chi connectivity index (χ2v) is 4.89. The zero-order valence-corrected chi connectivity index (χ0v) is 10.1. The van der Waals surface area contributed by atoms with Crippen LogP contribution in [0.25, 0.3) is 0 Å². The molecule has 2 N–H and O–H groups in total. The molecule has 16 heavy (non-hydrogen) atoms. The van der Waals surface area contributed by atoms with Crippen molar-refractivity contribution < 1.29 is 0 Å². The van der Waals surface area contributed by atoms with Gasteiger partial charge in [-0.1, -0.05) is 13.8 Å². The fourth-order valence-corrected chi connectivity index (χ4v) is 2.51. The third kappa shape index (κ3) is 2.50. The fraction of sp³-hybridized carbons (Fsp3) is 0.667. The van der Waals surface area contributed by atoms with Gasteiger partial charge in [-0.05, 0) is 24.3 Å². The van der Waals surface area contributed by atoms with Crippen molar-refractivity contribution in [3.63, 3.8) is 0 Å². The number of anilines is 1. The molecule has 2 unspecified atom stereocenters. The van der Waals surface area contributed by atoms with Gasteiger partial charge in [-0.3, -0.25) is 0 Å². The zero-order valence-electron chi connectivity index (χ0n) is 10.1. The normalized spacial score (nSPS) is 25.8. The van der Waals surface area contributed by atoms with E-state index in [1.165, 1.54) is 6.42 Å². The Kier molecular flexibility index (Phi) is 3.39. The number of piperidine rings is 1. The van der Waals surface area contributed by atoms with Crippen LogP contribution in [0.1, 0.15) is 26.1 Å². The Hall–Kier alpha value is -1.16. The van der Waals surface area contributed by atoms with Gasteiger partial charge in [-0.15, -0.1) is 0 Å². The van der Waals surface area contributed by atoms with Gasteiger partial charge in [-0.2, -0.15) is 0 Å². The van der Waals surface area contributed by atoms with E-state index in [-0.39, 0.29) is 0 Å². The van der Waals surface area contributed by atoms with Crippen LogP contribution in [0.4, 0.5) is 5.82 Å². The van der Waals surface area contributed by atoms with E-state index in [2.05, 4.69) is 28.7 Å². The highest BCUT2D eigenvalue weighted by Crippen LogP contribution is 2.24. The Morgan fingerprint density at radius 3 is 2.69 bits per heavy atom. The highest BCUT2D eigenvalue weighted by molar-refractivity contribution is 5.38. The molecule has 1 aromatic heterocycles. The number of nitrogens with zero attached hydrogens (tertiary/aromatic N) is 3. The molecule has 0 saturated carbocycles. The Morgan fingerprint density at radius 2 is 2.06 bits per heavy atom. The topological polar surface area (TPSA) is 55.0 Å². The molecule has 88 valence electrons. The standard InChI is InChI=1S/C12H20N4/c1-9-5-10(2)8-16(7-9)12-3-4-14-11(6-13)15-12/h3-4,9-10H,5-8,13H2,1-2H3. The van der Waals surface area contributed by atoms with Crippen LogP contribution in [0, 0.1) is 11.8 Å². The summed E-state index contributed by atoms with van der Waals surface area (Å²) in [7, 11) is 0. The molecule has 2 atom stereocenters. The first kappa shape index (κ1) is 11.3. The first-order valence-electron chi connectivity index (χ1n) is 5.96. The van der Waals surface area contributed by atoms with Gasteiger partial charge in [0, 0.05) is 19.3 Å². The number of aromatic nitrogens is 2. The van der Waals surface area contributed by atoms with E-state index >= 15 is 0 Å². The number of nitrogens with two attached hydrogens (primary N) is 1.